The SMILES string of the molecule is COCCOc1cc([N+](=O)[O-])c(C(=O)Nc2cccc(NC(=O)Nc3ccccc3)c2)cc1OC. The zero-order chi connectivity index (χ0) is 25.2. The fourth-order valence-electron chi connectivity index (χ4n) is 3.08. The average molecular weight is 480 g/mol. The number of anilines is 3. The number of hydrogen-bond donors (Lipinski definition) is 3. The minimum atomic E-state index is -0.732. The number of nitro groups is 1. The molecule has 0 saturated carbocycles. The summed E-state index contributed by atoms with van der Waals surface area (Å²) in [7, 11) is 2.86. The fourth-order valence-corrected chi connectivity index (χ4v) is 3.08. The van der Waals surface area contributed by atoms with E-state index in [-0.39, 0.29) is 30.3 Å². The quantitative estimate of drug-likeness (QED) is 0.220. The second-order valence-electron chi connectivity index (χ2n) is 7.10. The van der Waals surface area contributed by atoms with E-state index < -0.39 is 22.5 Å². The van der Waals surface area contributed by atoms with Crippen LogP contribution in [0.5, 0.6) is 11.5 Å². The number of ether oxygens (including phenoxy) is 3. The summed E-state index contributed by atoms with van der Waals surface area (Å²) in [6.45, 7) is 0.417. The van der Waals surface area contributed by atoms with Gasteiger partial charge in [0.25, 0.3) is 11.6 Å². The third-order valence-corrected chi connectivity index (χ3v) is 4.68. The average Bonchev–Trinajstić information content (AvgIpc) is 2.84. The molecule has 3 amide bonds. The number of nitrogens with zero attached hydrogens (tertiary/aromatic N) is 1. The van der Waals surface area contributed by atoms with Crippen LogP contribution >= 0.6 is 0 Å². The van der Waals surface area contributed by atoms with E-state index >= 15 is 0 Å². The molecule has 0 saturated heterocycles. The number of methoxy groups -OCH3 is 2. The van der Waals surface area contributed by atoms with Crippen LogP contribution in [0.2, 0.25) is 0 Å². The lowest BCUT2D eigenvalue weighted by molar-refractivity contribution is -0.385. The number of hydrogen-bond acceptors (Lipinski definition) is 7. The van der Waals surface area contributed by atoms with E-state index in [2.05, 4.69) is 16.0 Å². The van der Waals surface area contributed by atoms with Crippen molar-refractivity contribution in [2.24, 2.45) is 0 Å². The lowest BCUT2D eigenvalue weighted by atomic mass is 10.1. The first-order valence-corrected chi connectivity index (χ1v) is 10.4. The van der Waals surface area contributed by atoms with Crippen LogP contribution < -0.4 is 25.4 Å². The maximum atomic E-state index is 12.9. The summed E-state index contributed by atoms with van der Waals surface area (Å²) in [6.07, 6.45) is 0. The van der Waals surface area contributed by atoms with E-state index in [1.807, 2.05) is 6.07 Å². The molecule has 0 heterocycles. The summed E-state index contributed by atoms with van der Waals surface area (Å²) in [5.41, 5.74) is 0.676. The van der Waals surface area contributed by atoms with Crippen molar-refractivity contribution in [3.8, 4) is 11.5 Å². The van der Waals surface area contributed by atoms with Crippen LogP contribution in [0.3, 0.4) is 0 Å². The smallest absolute Gasteiger partial charge is 0.323 e. The first kappa shape index (κ1) is 25.0. The third kappa shape index (κ3) is 6.92. The van der Waals surface area contributed by atoms with Crippen LogP contribution in [0.25, 0.3) is 0 Å². The molecule has 3 aromatic carbocycles. The Bertz CT molecular complexity index is 1200. The molecule has 0 spiro atoms. The zero-order valence-electron chi connectivity index (χ0n) is 19.1. The van der Waals surface area contributed by atoms with Crippen molar-refractivity contribution < 1.29 is 28.7 Å². The third-order valence-electron chi connectivity index (χ3n) is 4.68. The van der Waals surface area contributed by atoms with Gasteiger partial charge in [-0.1, -0.05) is 24.3 Å². The Kier molecular flexibility index (Phi) is 8.57. The van der Waals surface area contributed by atoms with Crippen LogP contribution in [-0.2, 0) is 4.74 Å². The molecule has 11 heteroatoms. The van der Waals surface area contributed by atoms with Gasteiger partial charge >= 0.3 is 6.03 Å². The molecule has 3 rings (SSSR count). The van der Waals surface area contributed by atoms with Gasteiger partial charge in [0.2, 0.25) is 0 Å². The van der Waals surface area contributed by atoms with Crippen molar-refractivity contribution in [3.63, 3.8) is 0 Å². The van der Waals surface area contributed by atoms with E-state index in [0.717, 1.165) is 6.07 Å². The van der Waals surface area contributed by atoms with E-state index in [4.69, 9.17) is 14.2 Å². The van der Waals surface area contributed by atoms with E-state index in [9.17, 15) is 19.7 Å². The van der Waals surface area contributed by atoms with Crippen molar-refractivity contribution in [1.82, 2.24) is 0 Å². The molecule has 35 heavy (non-hydrogen) atoms. The molecule has 0 unspecified atom stereocenters. The van der Waals surface area contributed by atoms with Gasteiger partial charge in [0.05, 0.1) is 24.7 Å². The molecule has 0 aliphatic rings. The summed E-state index contributed by atoms with van der Waals surface area (Å²) in [6, 6.07) is 17.2. The molecule has 3 N–H and O–H groups in total. The van der Waals surface area contributed by atoms with Gasteiger partial charge in [-0.15, -0.1) is 0 Å². The molecular formula is C24H24N4O7. The molecule has 0 aromatic heterocycles. The normalized spacial score (nSPS) is 10.2. The molecule has 11 nitrogen and oxygen atoms in total. The summed E-state index contributed by atoms with van der Waals surface area (Å²) in [5.74, 6) is -0.461. The van der Waals surface area contributed by atoms with Gasteiger partial charge in [0, 0.05) is 30.2 Å². The summed E-state index contributed by atoms with van der Waals surface area (Å²) in [4.78, 5) is 36.1. The van der Waals surface area contributed by atoms with Crippen LogP contribution in [-0.4, -0.2) is 44.3 Å². The van der Waals surface area contributed by atoms with Crippen molar-refractivity contribution >= 4 is 34.7 Å². The number of nitro benzene ring substituents is 1. The van der Waals surface area contributed by atoms with Gasteiger partial charge in [-0.25, -0.2) is 4.79 Å². The second kappa shape index (κ2) is 12.0. The number of amides is 3. The van der Waals surface area contributed by atoms with Crippen LogP contribution in [0.1, 0.15) is 10.4 Å². The Balaban J connectivity index is 1.76. The molecular weight excluding hydrogens is 456 g/mol. The highest BCUT2D eigenvalue weighted by atomic mass is 16.6. The molecule has 0 bridgehead atoms. The lowest BCUT2D eigenvalue weighted by Gasteiger charge is -2.13. The first-order valence-electron chi connectivity index (χ1n) is 10.4. The highest BCUT2D eigenvalue weighted by Gasteiger charge is 2.25. The molecule has 0 atom stereocenters. The maximum absolute atomic E-state index is 12.9. The number of nitrogens with one attached hydrogen (secondary N) is 3. The van der Waals surface area contributed by atoms with Crippen LogP contribution in [0.4, 0.5) is 27.5 Å². The predicted molar refractivity (Wildman–Crippen MR) is 130 cm³/mol. The number of para-hydroxylation sites is 1. The van der Waals surface area contributed by atoms with Gasteiger partial charge in [-0.2, -0.15) is 0 Å². The molecule has 3 aromatic rings. The number of urea groups is 1. The Morgan fingerprint density at radius 1 is 0.829 bits per heavy atom. The molecule has 0 fully saturated rings. The number of carbonyl (C=O) groups excluding carboxylic acids is 2. The topological polar surface area (TPSA) is 141 Å². The standard InChI is InChI=1S/C24H24N4O7/c1-33-11-12-35-22-15-20(28(31)32)19(14-21(22)34-2)23(29)25-17-9-6-10-18(13-17)27-24(30)26-16-7-4-3-5-8-16/h3-10,13-15H,11-12H2,1-2H3,(H,25,29)(H2,26,27,30). The van der Waals surface area contributed by atoms with E-state index in [0.29, 0.717) is 17.1 Å². The van der Waals surface area contributed by atoms with E-state index in [1.165, 1.54) is 26.4 Å². The Morgan fingerprint density at radius 2 is 1.49 bits per heavy atom. The largest absolute Gasteiger partial charge is 0.493 e. The zero-order valence-corrected chi connectivity index (χ0v) is 19.1. The molecule has 0 aliphatic heterocycles. The lowest BCUT2D eigenvalue weighted by Crippen LogP contribution is -2.19. The Morgan fingerprint density at radius 3 is 2.14 bits per heavy atom. The second-order valence-corrected chi connectivity index (χ2v) is 7.10. The number of rotatable bonds is 10. The predicted octanol–water partition coefficient (Wildman–Crippen LogP) is 4.52. The van der Waals surface area contributed by atoms with Crippen molar-refractivity contribution in [1.29, 1.82) is 0 Å². The van der Waals surface area contributed by atoms with Gasteiger partial charge in [-0.3, -0.25) is 14.9 Å². The highest BCUT2D eigenvalue weighted by molar-refractivity contribution is 6.08. The molecule has 0 radical (unpaired) electrons. The summed E-state index contributed by atoms with van der Waals surface area (Å²) >= 11 is 0. The molecule has 0 aliphatic carbocycles. The van der Waals surface area contributed by atoms with E-state index in [1.54, 1.807) is 42.5 Å². The summed E-state index contributed by atoms with van der Waals surface area (Å²) in [5, 5.41) is 19.6. The monoisotopic (exact) mass is 480 g/mol. The van der Waals surface area contributed by atoms with Crippen molar-refractivity contribution in [3.05, 3.63) is 82.4 Å². The Hall–Kier alpha value is -4.64. The van der Waals surface area contributed by atoms with Crippen molar-refractivity contribution in [2.45, 2.75) is 0 Å². The maximum Gasteiger partial charge on any atom is 0.323 e. The van der Waals surface area contributed by atoms with Gasteiger partial charge in [0.15, 0.2) is 11.5 Å². The van der Waals surface area contributed by atoms with Crippen LogP contribution in [0.15, 0.2) is 66.7 Å². The van der Waals surface area contributed by atoms with Crippen LogP contribution in [0, 0.1) is 10.1 Å². The number of benzene rings is 3. The van der Waals surface area contributed by atoms with Gasteiger partial charge < -0.3 is 30.2 Å². The minimum absolute atomic E-state index is 0.114. The fraction of sp³-hybridized carbons (Fsp3) is 0.167. The molecule has 182 valence electrons. The Labute approximate surface area is 201 Å². The first-order chi connectivity index (χ1) is 16.9. The summed E-state index contributed by atoms with van der Waals surface area (Å²) < 4.78 is 15.6. The minimum Gasteiger partial charge on any atom is -0.493 e. The highest BCUT2D eigenvalue weighted by Crippen LogP contribution is 2.35. The van der Waals surface area contributed by atoms with Gasteiger partial charge in [-0.05, 0) is 30.3 Å². The number of carbonyl (C=O) groups is 2. The van der Waals surface area contributed by atoms with Gasteiger partial charge in [0.1, 0.15) is 12.2 Å². The van der Waals surface area contributed by atoms with Crippen molar-refractivity contribution in [2.75, 3.05) is 43.4 Å².